The lowest BCUT2D eigenvalue weighted by Crippen LogP contribution is -2.00. The molecule has 0 unspecified atom stereocenters. The normalized spacial score (nSPS) is 11.9. The summed E-state index contributed by atoms with van der Waals surface area (Å²) < 4.78 is 29.7. The Bertz CT molecular complexity index is 365. The molecule has 0 saturated carbocycles. The Morgan fingerprint density at radius 3 is 2.18 bits per heavy atom. The molecule has 0 spiro atoms. The molecule has 5 nitrogen and oxygen atoms in total. The van der Waals surface area contributed by atoms with Crippen LogP contribution in [-0.2, 0) is 10.1 Å². The van der Waals surface area contributed by atoms with Crippen LogP contribution in [0.4, 0.5) is 0 Å². The molecule has 0 bridgehead atoms. The fraction of sp³-hybridized carbons (Fsp3) is 0.400. The van der Waals surface area contributed by atoms with Crippen LogP contribution in [0.5, 0.6) is 0 Å². The van der Waals surface area contributed by atoms with Crippen LogP contribution in [0, 0.1) is 13.8 Å². The third-order valence-electron chi connectivity index (χ3n) is 1.45. The summed E-state index contributed by atoms with van der Waals surface area (Å²) in [5, 5.41) is 5.58. The Labute approximate surface area is 64.2 Å². The summed E-state index contributed by atoms with van der Waals surface area (Å²) in [6, 6.07) is 0. The van der Waals surface area contributed by atoms with Crippen molar-refractivity contribution in [3.8, 4) is 0 Å². The van der Waals surface area contributed by atoms with E-state index in [1.165, 1.54) is 0 Å². The summed E-state index contributed by atoms with van der Waals surface area (Å²) >= 11 is 0. The molecule has 0 aliphatic rings. The van der Waals surface area contributed by atoms with E-state index in [9.17, 15) is 8.42 Å². The van der Waals surface area contributed by atoms with E-state index < -0.39 is 10.1 Å². The van der Waals surface area contributed by atoms with Gasteiger partial charge in [0.1, 0.15) is 0 Å². The molecule has 0 fully saturated rings. The molecular weight excluding hydrogens is 168 g/mol. The molecule has 0 aliphatic heterocycles. The Hall–Kier alpha value is -0.880. The molecule has 2 N–H and O–H groups in total. The lowest BCUT2D eigenvalue weighted by molar-refractivity contribution is 0.478. The van der Waals surface area contributed by atoms with Gasteiger partial charge >= 0.3 is 10.1 Å². The molecular formula is C5H8N2O3S. The smallest absolute Gasteiger partial charge is 0.281 e. The summed E-state index contributed by atoms with van der Waals surface area (Å²) in [5.74, 6) is 0. The molecule has 6 heteroatoms. The summed E-state index contributed by atoms with van der Waals surface area (Å²) in [5.41, 5.74) is 1.09. The van der Waals surface area contributed by atoms with Gasteiger partial charge in [0.25, 0.3) is 0 Å². The van der Waals surface area contributed by atoms with Crippen molar-refractivity contribution >= 4 is 10.1 Å². The van der Waals surface area contributed by atoms with E-state index in [1.807, 2.05) is 0 Å². The van der Waals surface area contributed by atoms with Crippen molar-refractivity contribution in [2.75, 3.05) is 0 Å². The van der Waals surface area contributed by atoms with Crippen molar-refractivity contribution < 1.29 is 13.0 Å². The number of aromatic nitrogens is 2. The van der Waals surface area contributed by atoms with Crippen LogP contribution in [0.3, 0.4) is 0 Å². The van der Waals surface area contributed by atoms with Gasteiger partial charge in [0.15, 0.2) is 0 Å². The highest BCUT2D eigenvalue weighted by molar-refractivity contribution is 7.85. The average Bonchev–Trinajstić information content (AvgIpc) is 2.11. The van der Waals surface area contributed by atoms with Gasteiger partial charge in [0, 0.05) is 11.3 Å². The highest BCUT2D eigenvalue weighted by Crippen LogP contribution is 2.13. The number of H-pyrrole nitrogens is 1. The molecule has 1 heterocycles. The second-order valence-electron chi connectivity index (χ2n) is 2.25. The summed E-state index contributed by atoms with van der Waals surface area (Å²) in [7, 11) is -4.16. The van der Waals surface area contributed by atoms with Crippen LogP contribution in [0.15, 0.2) is 5.03 Å². The first-order valence-corrected chi connectivity index (χ1v) is 4.36. The first-order chi connectivity index (χ1) is 4.93. The molecule has 0 atom stereocenters. The van der Waals surface area contributed by atoms with Crippen molar-refractivity contribution in [1.29, 1.82) is 0 Å². The zero-order chi connectivity index (χ0) is 8.65. The minimum Gasteiger partial charge on any atom is -0.281 e. The Morgan fingerprint density at radius 2 is 2.00 bits per heavy atom. The molecule has 11 heavy (non-hydrogen) atoms. The van der Waals surface area contributed by atoms with E-state index in [1.54, 1.807) is 13.8 Å². The van der Waals surface area contributed by atoms with Crippen LogP contribution in [0.25, 0.3) is 0 Å². The maximum Gasteiger partial charge on any atom is 0.314 e. The second-order valence-corrected chi connectivity index (χ2v) is 3.59. The topological polar surface area (TPSA) is 83.0 Å². The largest absolute Gasteiger partial charge is 0.314 e. The Kier molecular flexibility index (Phi) is 1.73. The summed E-state index contributed by atoms with van der Waals surface area (Å²) in [6.45, 7) is 3.25. The summed E-state index contributed by atoms with van der Waals surface area (Å²) in [4.78, 5) is 0. The second kappa shape index (κ2) is 2.31. The van der Waals surface area contributed by atoms with Gasteiger partial charge in [-0.3, -0.25) is 9.65 Å². The maximum absolute atomic E-state index is 10.5. The number of rotatable bonds is 1. The molecule has 0 aromatic carbocycles. The number of nitrogens with one attached hydrogen (secondary N) is 1. The quantitative estimate of drug-likeness (QED) is 0.602. The van der Waals surface area contributed by atoms with E-state index in [0.717, 1.165) is 0 Å². The number of aromatic amines is 1. The van der Waals surface area contributed by atoms with Crippen LogP contribution >= 0.6 is 0 Å². The molecule has 1 rings (SSSR count). The number of hydrogen-bond donors (Lipinski definition) is 2. The van der Waals surface area contributed by atoms with Crippen molar-refractivity contribution in [3.05, 3.63) is 11.3 Å². The SMILES string of the molecule is Cc1[nH]nc(S(=O)(=O)O)c1C. The highest BCUT2D eigenvalue weighted by Gasteiger charge is 2.17. The fourth-order valence-electron chi connectivity index (χ4n) is 0.714. The lowest BCUT2D eigenvalue weighted by atomic mass is 10.3. The molecule has 1 aromatic rings. The standard InChI is InChI=1S/C5H8N2O3S/c1-3-4(2)6-7-5(3)11(8,9)10/h1-2H3,(H,6,7)(H,8,9,10). The molecule has 62 valence electrons. The zero-order valence-corrected chi connectivity index (χ0v) is 6.94. The minimum absolute atomic E-state index is 0.296. The maximum atomic E-state index is 10.5. The molecule has 0 aliphatic carbocycles. The van der Waals surface area contributed by atoms with Crippen LogP contribution < -0.4 is 0 Å². The lowest BCUT2D eigenvalue weighted by Gasteiger charge is -1.90. The van der Waals surface area contributed by atoms with E-state index >= 15 is 0 Å². The van der Waals surface area contributed by atoms with Crippen LogP contribution in [0.2, 0.25) is 0 Å². The fourth-order valence-corrected chi connectivity index (χ4v) is 1.41. The van der Waals surface area contributed by atoms with Crippen molar-refractivity contribution in [2.24, 2.45) is 0 Å². The van der Waals surface area contributed by atoms with Crippen LogP contribution in [0.1, 0.15) is 11.3 Å². The van der Waals surface area contributed by atoms with Gasteiger partial charge in [-0.2, -0.15) is 13.5 Å². The van der Waals surface area contributed by atoms with E-state index in [2.05, 4.69) is 10.2 Å². The number of aryl methyl sites for hydroxylation is 1. The predicted octanol–water partition coefficient (Wildman–Crippen LogP) is 0.273. The van der Waals surface area contributed by atoms with Gasteiger partial charge in [-0.25, -0.2) is 0 Å². The van der Waals surface area contributed by atoms with Gasteiger partial charge in [-0.05, 0) is 13.8 Å². The Morgan fingerprint density at radius 1 is 1.45 bits per heavy atom. The van der Waals surface area contributed by atoms with Gasteiger partial charge in [0.2, 0.25) is 5.03 Å². The van der Waals surface area contributed by atoms with Crippen molar-refractivity contribution in [1.82, 2.24) is 10.2 Å². The number of nitrogens with zero attached hydrogens (tertiary/aromatic N) is 1. The van der Waals surface area contributed by atoms with Gasteiger partial charge in [-0.15, -0.1) is 0 Å². The average molecular weight is 176 g/mol. The van der Waals surface area contributed by atoms with Gasteiger partial charge < -0.3 is 0 Å². The van der Waals surface area contributed by atoms with Gasteiger partial charge in [0.05, 0.1) is 0 Å². The first-order valence-electron chi connectivity index (χ1n) is 2.92. The van der Waals surface area contributed by atoms with Crippen LogP contribution in [-0.4, -0.2) is 23.2 Å². The predicted molar refractivity (Wildman–Crippen MR) is 37.9 cm³/mol. The van der Waals surface area contributed by atoms with Crippen molar-refractivity contribution in [3.63, 3.8) is 0 Å². The highest BCUT2D eigenvalue weighted by atomic mass is 32.2. The molecule has 1 aromatic heterocycles. The zero-order valence-electron chi connectivity index (χ0n) is 6.12. The molecule has 0 amide bonds. The first kappa shape index (κ1) is 8.22. The third kappa shape index (κ3) is 1.41. The molecule has 0 saturated heterocycles. The monoisotopic (exact) mass is 176 g/mol. The van der Waals surface area contributed by atoms with E-state index in [-0.39, 0.29) is 5.03 Å². The van der Waals surface area contributed by atoms with Gasteiger partial charge in [-0.1, -0.05) is 0 Å². The van der Waals surface area contributed by atoms with E-state index in [4.69, 9.17) is 4.55 Å². The van der Waals surface area contributed by atoms with E-state index in [0.29, 0.717) is 11.3 Å². The molecule has 0 radical (unpaired) electrons. The van der Waals surface area contributed by atoms with Crippen molar-refractivity contribution in [2.45, 2.75) is 18.9 Å². The third-order valence-corrected chi connectivity index (χ3v) is 2.34. The summed E-state index contributed by atoms with van der Waals surface area (Å²) in [6.07, 6.45) is 0. The Balaban J connectivity index is 3.38. The minimum atomic E-state index is -4.16. The number of hydrogen-bond acceptors (Lipinski definition) is 3.